The van der Waals surface area contributed by atoms with Gasteiger partial charge in [-0.15, -0.1) is 10.2 Å². The molecule has 0 bridgehead atoms. The van der Waals surface area contributed by atoms with Gasteiger partial charge >= 0.3 is 0 Å². The summed E-state index contributed by atoms with van der Waals surface area (Å²) in [4.78, 5) is 11.1. The van der Waals surface area contributed by atoms with Crippen LogP contribution in [0.1, 0.15) is 11.7 Å². The molecular formula is C16H23N7O2. The van der Waals surface area contributed by atoms with Gasteiger partial charge in [-0.1, -0.05) is 5.16 Å². The molecule has 9 nitrogen and oxygen atoms in total. The van der Waals surface area contributed by atoms with E-state index in [0.29, 0.717) is 5.89 Å². The summed E-state index contributed by atoms with van der Waals surface area (Å²) in [6.45, 7) is 9.54. The third-order valence-corrected chi connectivity index (χ3v) is 4.60. The number of hydrogen-bond acceptors (Lipinski definition) is 9. The van der Waals surface area contributed by atoms with Crippen LogP contribution in [-0.2, 0) is 11.3 Å². The van der Waals surface area contributed by atoms with E-state index in [2.05, 4.69) is 47.2 Å². The Labute approximate surface area is 146 Å². The van der Waals surface area contributed by atoms with Crippen molar-refractivity contribution in [2.45, 2.75) is 13.5 Å². The smallest absolute Gasteiger partial charge is 0.223 e. The highest BCUT2D eigenvalue weighted by molar-refractivity contribution is 5.45. The van der Waals surface area contributed by atoms with Gasteiger partial charge in [-0.25, -0.2) is 0 Å². The monoisotopic (exact) mass is 345 g/mol. The molecule has 0 saturated carbocycles. The van der Waals surface area contributed by atoms with Crippen LogP contribution in [0.25, 0.3) is 0 Å². The molecule has 0 spiro atoms. The Kier molecular flexibility index (Phi) is 4.75. The molecule has 0 N–H and O–H groups in total. The summed E-state index contributed by atoms with van der Waals surface area (Å²) in [6.07, 6.45) is 0. The van der Waals surface area contributed by atoms with Gasteiger partial charge in [0, 0.05) is 46.2 Å². The van der Waals surface area contributed by atoms with Gasteiger partial charge in [0.25, 0.3) is 0 Å². The number of ether oxygens (including phenoxy) is 1. The first-order chi connectivity index (χ1) is 12.3. The van der Waals surface area contributed by atoms with E-state index in [1.54, 1.807) is 0 Å². The molecule has 0 radical (unpaired) electrons. The quantitative estimate of drug-likeness (QED) is 0.778. The van der Waals surface area contributed by atoms with Crippen LogP contribution in [0.15, 0.2) is 16.7 Å². The topological polar surface area (TPSA) is 83.7 Å². The van der Waals surface area contributed by atoms with Crippen molar-refractivity contribution in [3.05, 3.63) is 23.8 Å². The lowest BCUT2D eigenvalue weighted by Gasteiger charge is -2.34. The first kappa shape index (κ1) is 16.2. The molecule has 4 rings (SSSR count). The van der Waals surface area contributed by atoms with Crippen LogP contribution in [0.5, 0.6) is 0 Å². The Morgan fingerprint density at radius 3 is 2.12 bits per heavy atom. The average Bonchev–Trinajstić information content (AvgIpc) is 3.08. The predicted molar refractivity (Wildman–Crippen MR) is 91.6 cm³/mol. The zero-order chi connectivity index (χ0) is 17.1. The van der Waals surface area contributed by atoms with E-state index >= 15 is 0 Å². The number of nitrogens with zero attached hydrogens (tertiary/aromatic N) is 7. The minimum absolute atomic E-state index is 0.615. The zero-order valence-electron chi connectivity index (χ0n) is 14.5. The zero-order valence-corrected chi connectivity index (χ0v) is 14.5. The number of rotatable bonds is 4. The largest absolute Gasteiger partial charge is 0.378 e. The standard InChI is InChI=1S/C16H23N7O2/c1-13-17-14(20-25-13)12-21-4-6-22(7-5-21)15-2-3-16(19-18-15)23-8-10-24-11-9-23/h2-3H,4-12H2,1H3. The predicted octanol–water partition coefficient (Wildman–Crippen LogP) is 0.327. The summed E-state index contributed by atoms with van der Waals surface area (Å²) in [6, 6.07) is 4.12. The van der Waals surface area contributed by atoms with Gasteiger partial charge in [0.2, 0.25) is 5.89 Å². The summed E-state index contributed by atoms with van der Waals surface area (Å²) < 4.78 is 10.4. The molecule has 2 aromatic heterocycles. The fraction of sp³-hybridized carbons (Fsp3) is 0.625. The molecule has 0 aliphatic carbocycles. The number of piperazine rings is 1. The van der Waals surface area contributed by atoms with E-state index in [0.717, 1.165) is 76.5 Å². The third-order valence-electron chi connectivity index (χ3n) is 4.60. The van der Waals surface area contributed by atoms with Crippen molar-refractivity contribution in [2.24, 2.45) is 0 Å². The fourth-order valence-corrected chi connectivity index (χ4v) is 3.19. The van der Waals surface area contributed by atoms with Gasteiger partial charge in [-0.3, -0.25) is 4.90 Å². The highest BCUT2D eigenvalue weighted by Crippen LogP contribution is 2.17. The van der Waals surface area contributed by atoms with Crippen molar-refractivity contribution in [1.82, 2.24) is 25.2 Å². The minimum atomic E-state index is 0.615. The Bertz CT molecular complexity index is 676. The number of hydrogen-bond donors (Lipinski definition) is 0. The van der Waals surface area contributed by atoms with Crippen LogP contribution >= 0.6 is 0 Å². The first-order valence-electron chi connectivity index (χ1n) is 8.71. The van der Waals surface area contributed by atoms with Crippen LogP contribution in [0.2, 0.25) is 0 Å². The summed E-state index contributed by atoms with van der Waals surface area (Å²) >= 11 is 0. The molecule has 2 aromatic rings. The molecule has 0 unspecified atom stereocenters. The number of anilines is 2. The van der Waals surface area contributed by atoms with Gasteiger partial charge in [-0.05, 0) is 12.1 Å². The first-order valence-corrected chi connectivity index (χ1v) is 8.71. The highest BCUT2D eigenvalue weighted by Gasteiger charge is 2.20. The molecule has 2 aliphatic rings. The van der Waals surface area contributed by atoms with Crippen LogP contribution in [0.3, 0.4) is 0 Å². The maximum atomic E-state index is 5.38. The molecule has 0 amide bonds. The maximum absolute atomic E-state index is 5.38. The van der Waals surface area contributed by atoms with Crippen LogP contribution < -0.4 is 9.80 Å². The van der Waals surface area contributed by atoms with Crippen molar-refractivity contribution in [2.75, 3.05) is 62.3 Å². The molecular weight excluding hydrogens is 322 g/mol. The highest BCUT2D eigenvalue weighted by atomic mass is 16.5. The molecule has 2 aliphatic heterocycles. The Morgan fingerprint density at radius 2 is 1.56 bits per heavy atom. The van der Waals surface area contributed by atoms with Gasteiger partial charge < -0.3 is 19.1 Å². The lowest BCUT2D eigenvalue weighted by atomic mass is 10.3. The molecule has 2 saturated heterocycles. The van der Waals surface area contributed by atoms with Crippen molar-refractivity contribution in [3.63, 3.8) is 0 Å². The molecule has 2 fully saturated rings. The lowest BCUT2D eigenvalue weighted by molar-refractivity contribution is 0.122. The summed E-state index contributed by atoms with van der Waals surface area (Å²) in [5.74, 6) is 3.23. The molecule has 134 valence electrons. The van der Waals surface area contributed by atoms with E-state index in [-0.39, 0.29) is 0 Å². The number of aryl methyl sites for hydroxylation is 1. The second kappa shape index (κ2) is 7.32. The van der Waals surface area contributed by atoms with Crippen LogP contribution in [0.4, 0.5) is 11.6 Å². The Morgan fingerprint density at radius 1 is 0.920 bits per heavy atom. The third kappa shape index (κ3) is 3.88. The molecule has 0 aromatic carbocycles. The van der Waals surface area contributed by atoms with E-state index in [1.807, 2.05) is 6.92 Å². The summed E-state index contributed by atoms with van der Waals surface area (Å²) in [5, 5.41) is 12.8. The van der Waals surface area contributed by atoms with Crippen LogP contribution in [0, 0.1) is 6.92 Å². The molecule has 0 atom stereocenters. The van der Waals surface area contributed by atoms with Crippen molar-refractivity contribution >= 4 is 11.6 Å². The summed E-state index contributed by atoms with van der Waals surface area (Å²) in [5.41, 5.74) is 0. The van der Waals surface area contributed by atoms with E-state index in [9.17, 15) is 0 Å². The van der Waals surface area contributed by atoms with Crippen molar-refractivity contribution in [1.29, 1.82) is 0 Å². The second-order valence-electron chi connectivity index (χ2n) is 6.34. The normalized spacial score (nSPS) is 19.4. The van der Waals surface area contributed by atoms with Crippen LogP contribution in [-0.4, -0.2) is 77.7 Å². The van der Waals surface area contributed by atoms with E-state index in [1.165, 1.54) is 0 Å². The maximum Gasteiger partial charge on any atom is 0.223 e. The van der Waals surface area contributed by atoms with Gasteiger partial charge in [-0.2, -0.15) is 4.98 Å². The SMILES string of the molecule is Cc1nc(CN2CCN(c3ccc(N4CCOCC4)nn3)CC2)no1. The molecule has 25 heavy (non-hydrogen) atoms. The second-order valence-corrected chi connectivity index (χ2v) is 6.34. The Balaban J connectivity index is 1.31. The minimum Gasteiger partial charge on any atom is -0.378 e. The van der Waals surface area contributed by atoms with Crippen molar-refractivity contribution in [3.8, 4) is 0 Å². The number of morpholine rings is 1. The number of aromatic nitrogens is 4. The molecule has 4 heterocycles. The summed E-state index contributed by atoms with van der Waals surface area (Å²) in [7, 11) is 0. The van der Waals surface area contributed by atoms with Gasteiger partial charge in [0.1, 0.15) is 0 Å². The van der Waals surface area contributed by atoms with E-state index in [4.69, 9.17) is 9.26 Å². The Hall–Kier alpha value is -2.26. The van der Waals surface area contributed by atoms with Crippen molar-refractivity contribution < 1.29 is 9.26 Å². The molecule has 9 heteroatoms. The van der Waals surface area contributed by atoms with Gasteiger partial charge in [0.05, 0.1) is 19.8 Å². The fourth-order valence-electron chi connectivity index (χ4n) is 3.19. The van der Waals surface area contributed by atoms with Gasteiger partial charge in [0.15, 0.2) is 17.5 Å². The lowest BCUT2D eigenvalue weighted by Crippen LogP contribution is -2.46. The van der Waals surface area contributed by atoms with E-state index < -0.39 is 0 Å². The average molecular weight is 345 g/mol.